The van der Waals surface area contributed by atoms with E-state index in [1.54, 1.807) is 66.8 Å². The molecule has 0 radical (unpaired) electrons. The van der Waals surface area contributed by atoms with E-state index in [0.29, 0.717) is 28.4 Å². The second kappa shape index (κ2) is 11.4. The summed E-state index contributed by atoms with van der Waals surface area (Å²) in [6, 6.07) is 15.2. The number of thiophene rings is 1. The van der Waals surface area contributed by atoms with E-state index in [0.717, 1.165) is 9.78 Å². The van der Waals surface area contributed by atoms with Crippen molar-refractivity contribution in [2.75, 3.05) is 23.4 Å². The average molecular weight is 526 g/mol. The highest BCUT2D eigenvalue weighted by Crippen LogP contribution is 2.29. The SMILES string of the molecule is CCOC(=O)c1ccc(NC(=O)C[C@@H]2C(=O)N(c3cccc(Cl)c3)C(=O)N2CCc2cccs2)cc1. The molecule has 186 valence electrons. The van der Waals surface area contributed by atoms with Crippen LogP contribution in [-0.4, -0.2) is 47.9 Å². The number of nitrogens with zero attached hydrogens (tertiary/aromatic N) is 2. The molecule has 2 aromatic carbocycles. The lowest BCUT2D eigenvalue weighted by atomic mass is 10.1. The lowest BCUT2D eigenvalue weighted by Gasteiger charge is -2.21. The maximum Gasteiger partial charge on any atom is 0.338 e. The highest BCUT2D eigenvalue weighted by Gasteiger charge is 2.46. The maximum absolute atomic E-state index is 13.4. The van der Waals surface area contributed by atoms with Crippen molar-refractivity contribution in [2.45, 2.75) is 25.8 Å². The zero-order valence-corrected chi connectivity index (χ0v) is 21.1. The van der Waals surface area contributed by atoms with Gasteiger partial charge in [0, 0.05) is 22.1 Å². The molecule has 8 nitrogen and oxygen atoms in total. The standard InChI is InChI=1S/C26H24ClN3O5S/c1-2-35-25(33)17-8-10-19(11-9-17)28-23(31)16-22-24(32)30(20-6-3-5-18(27)15-20)26(34)29(22)13-12-21-7-4-14-36-21/h3-11,14-15,22H,2,12-13,16H2,1H3,(H,28,31)/t22-/m1/s1. The first kappa shape index (κ1) is 25.4. The van der Waals surface area contributed by atoms with Crippen molar-refractivity contribution in [3.05, 3.63) is 81.5 Å². The Labute approximate surface area is 217 Å². The number of benzene rings is 2. The molecule has 1 N–H and O–H groups in total. The van der Waals surface area contributed by atoms with Crippen LogP contribution < -0.4 is 10.2 Å². The van der Waals surface area contributed by atoms with Crippen molar-refractivity contribution in [2.24, 2.45) is 0 Å². The number of hydrogen-bond acceptors (Lipinski definition) is 6. The molecule has 1 atom stereocenters. The van der Waals surface area contributed by atoms with Gasteiger partial charge in [-0.15, -0.1) is 11.3 Å². The first-order chi connectivity index (χ1) is 17.4. The quantitative estimate of drug-likeness (QED) is 0.314. The van der Waals surface area contributed by atoms with Crippen LogP contribution >= 0.6 is 22.9 Å². The molecule has 0 aliphatic carbocycles. The topological polar surface area (TPSA) is 96.0 Å². The first-order valence-electron chi connectivity index (χ1n) is 11.4. The smallest absolute Gasteiger partial charge is 0.338 e. The highest BCUT2D eigenvalue weighted by atomic mass is 35.5. The minimum absolute atomic E-state index is 0.217. The van der Waals surface area contributed by atoms with E-state index in [1.807, 2.05) is 17.5 Å². The van der Waals surface area contributed by atoms with Crippen LogP contribution in [0.1, 0.15) is 28.6 Å². The Morgan fingerprint density at radius 3 is 2.53 bits per heavy atom. The number of anilines is 2. The lowest BCUT2D eigenvalue weighted by molar-refractivity contribution is -0.124. The van der Waals surface area contributed by atoms with E-state index in [-0.39, 0.29) is 19.6 Å². The van der Waals surface area contributed by atoms with Crippen LogP contribution in [0, 0.1) is 0 Å². The van der Waals surface area contributed by atoms with E-state index in [1.165, 1.54) is 4.90 Å². The van der Waals surface area contributed by atoms with Gasteiger partial charge in [-0.2, -0.15) is 0 Å². The molecule has 36 heavy (non-hydrogen) atoms. The molecule has 4 amide bonds. The predicted octanol–water partition coefficient (Wildman–Crippen LogP) is 4.99. The summed E-state index contributed by atoms with van der Waals surface area (Å²) in [6.45, 7) is 2.27. The van der Waals surface area contributed by atoms with Gasteiger partial charge in [0.2, 0.25) is 5.91 Å². The third-order valence-electron chi connectivity index (χ3n) is 5.62. The van der Waals surface area contributed by atoms with Crippen molar-refractivity contribution >= 4 is 58.1 Å². The second-order valence-electron chi connectivity index (χ2n) is 8.02. The van der Waals surface area contributed by atoms with E-state index in [2.05, 4.69) is 5.32 Å². The summed E-state index contributed by atoms with van der Waals surface area (Å²) in [4.78, 5) is 55.0. The van der Waals surface area contributed by atoms with Gasteiger partial charge >= 0.3 is 12.0 Å². The average Bonchev–Trinajstić information content (AvgIpc) is 3.45. The fourth-order valence-corrected chi connectivity index (χ4v) is 4.80. The number of halogens is 1. The molecule has 1 fully saturated rings. The number of ether oxygens (including phenoxy) is 1. The fraction of sp³-hybridized carbons (Fsp3) is 0.231. The summed E-state index contributed by atoms with van der Waals surface area (Å²) in [5.74, 6) is -1.37. The van der Waals surface area contributed by atoms with E-state index in [4.69, 9.17) is 16.3 Å². The minimum atomic E-state index is -0.963. The Bertz CT molecular complexity index is 1260. The number of amides is 4. The van der Waals surface area contributed by atoms with Crippen molar-refractivity contribution in [1.82, 2.24) is 4.90 Å². The van der Waals surface area contributed by atoms with E-state index >= 15 is 0 Å². The van der Waals surface area contributed by atoms with Gasteiger partial charge in [-0.1, -0.05) is 23.7 Å². The Kier molecular flexibility index (Phi) is 8.02. The van der Waals surface area contributed by atoms with Gasteiger partial charge in [-0.25, -0.2) is 14.5 Å². The zero-order valence-electron chi connectivity index (χ0n) is 19.5. The Balaban J connectivity index is 1.50. The molecule has 4 rings (SSSR count). The minimum Gasteiger partial charge on any atom is -0.462 e. The van der Waals surface area contributed by atoms with Crippen LogP contribution in [0.5, 0.6) is 0 Å². The zero-order chi connectivity index (χ0) is 25.7. The summed E-state index contributed by atoms with van der Waals surface area (Å²) in [5.41, 5.74) is 1.18. The van der Waals surface area contributed by atoms with Gasteiger partial charge in [0.05, 0.1) is 24.3 Å². The Morgan fingerprint density at radius 2 is 1.86 bits per heavy atom. The molecule has 1 aromatic heterocycles. The molecule has 10 heteroatoms. The summed E-state index contributed by atoms with van der Waals surface area (Å²) >= 11 is 7.65. The first-order valence-corrected chi connectivity index (χ1v) is 12.6. The van der Waals surface area contributed by atoms with Gasteiger partial charge in [-0.05, 0) is 67.3 Å². The van der Waals surface area contributed by atoms with Gasteiger partial charge in [0.15, 0.2) is 0 Å². The Hall–Kier alpha value is -3.69. The monoisotopic (exact) mass is 525 g/mol. The molecule has 0 spiro atoms. The van der Waals surface area contributed by atoms with Crippen LogP contribution in [0.15, 0.2) is 66.0 Å². The third-order valence-corrected chi connectivity index (χ3v) is 6.79. The number of imide groups is 1. The number of rotatable bonds is 9. The largest absolute Gasteiger partial charge is 0.462 e. The Morgan fingerprint density at radius 1 is 1.08 bits per heavy atom. The van der Waals surface area contributed by atoms with Crippen LogP contribution in [0.3, 0.4) is 0 Å². The molecule has 1 saturated heterocycles. The van der Waals surface area contributed by atoms with Crippen LogP contribution in [-0.2, 0) is 20.7 Å². The summed E-state index contributed by atoms with van der Waals surface area (Å²) < 4.78 is 4.96. The predicted molar refractivity (Wildman–Crippen MR) is 138 cm³/mol. The van der Waals surface area contributed by atoms with Gasteiger partial charge in [0.25, 0.3) is 5.91 Å². The number of esters is 1. The van der Waals surface area contributed by atoms with Gasteiger partial charge < -0.3 is 15.0 Å². The number of nitrogens with one attached hydrogen (secondary N) is 1. The van der Waals surface area contributed by atoms with Gasteiger partial charge in [-0.3, -0.25) is 9.59 Å². The van der Waals surface area contributed by atoms with Crippen molar-refractivity contribution < 1.29 is 23.9 Å². The molecule has 1 aliphatic rings. The van der Waals surface area contributed by atoms with Crippen molar-refractivity contribution in [3.8, 4) is 0 Å². The normalized spacial score (nSPS) is 15.3. The van der Waals surface area contributed by atoms with Crippen molar-refractivity contribution in [1.29, 1.82) is 0 Å². The molecule has 1 aliphatic heterocycles. The summed E-state index contributed by atoms with van der Waals surface area (Å²) in [6.07, 6.45) is 0.346. The fourth-order valence-electron chi connectivity index (χ4n) is 3.92. The lowest BCUT2D eigenvalue weighted by Crippen LogP contribution is -2.39. The van der Waals surface area contributed by atoms with Crippen LogP contribution in [0.25, 0.3) is 0 Å². The van der Waals surface area contributed by atoms with E-state index in [9.17, 15) is 19.2 Å². The third kappa shape index (κ3) is 5.75. The number of hydrogen-bond donors (Lipinski definition) is 1. The number of carbonyl (C=O) groups is 4. The molecule has 0 bridgehead atoms. The summed E-state index contributed by atoms with van der Waals surface area (Å²) in [7, 11) is 0. The number of carbonyl (C=O) groups excluding carboxylic acids is 4. The molecule has 3 aromatic rings. The maximum atomic E-state index is 13.4. The molecule has 0 unspecified atom stereocenters. The molecular formula is C26H24ClN3O5S. The van der Waals surface area contributed by atoms with Crippen LogP contribution in [0.4, 0.5) is 16.2 Å². The molecular weight excluding hydrogens is 502 g/mol. The molecule has 2 heterocycles. The van der Waals surface area contributed by atoms with E-state index < -0.39 is 29.9 Å². The van der Waals surface area contributed by atoms with Crippen LogP contribution in [0.2, 0.25) is 5.02 Å². The number of urea groups is 1. The van der Waals surface area contributed by atoms with Gasteiger partial charge in [0.1, 0.15) is 6.04 Å². The highest BCUT2D eigenvalue weighted by molar-refractivity contribution is 7.09. The molecule has 0 saturated carbocycles. The second-order valence-corrected chi connectivity index (χ2v) is 9.49. The van der Waals surface area contributed by atoms with Crippen molar-refractivity contribution in [3.63, 3.8) is 0 Å². The summed E-state index contributed by atoms with van der Waals surface area (Å²) in [5, 5.41) is 5.08.